The lowest BCUT2D eigenvalue weighted by Gasteiger charge is -2.19. The first-order valence-corrected chi connectivity index (χ1v) is 8.97. The minimum absolute atomic E-state index is 0.203. The molecule has 0 fully saturated rings. The molecule has 0 aliphatic heterocycles. The Morgan fingerprint density at radius 3 is 2.56 bits per heavy atom. The molecule has 1 rings (SSSR count). The summed E-state index contributed by atoms with van der Waals surface area (Å²) in [5, 5.41) is 0. The van der Waals surface area contributed by atoms with Crippen LogP contribution >= 0.6 is 0 Å². The van der Waals surface area contributed by atoms with Gasteiger partial charge in [0.05, 0.1) is 0 Å². The number of hydrogen-bond acceptors (Lipinski definition) is 4. The number of rotatable bonds is 10. The van der Waals surface area contributed by atoms with E-state index in [9.17, 15) is 9.59 Å². The lowest BCUT2D eigenvalue weighted by molar-refractivity contribution is -0.142. The van der Waals surface area contributed by atoms with E-state index in [0.29, 0.717) is 12.1 Å². The smallest absolute Gasteiger partial charge is 0.355 e. The van der Waals surface area contributed by atoms with Gasteiger partial charge in [-0.2, -0.15) is 0 Å². The lowest BCUT2D eigenvalue weighted by Crippen LogP contribution is -2.25. The fourth-order valence-corrected chi connectivity index (χ4v) is 2.53. The molecule has 1 aromatic heterocycles. The van der Waals surface area contributed by atoms with Crippen LogP contribution in [0.4, 0.5) is 0 Å². The van der Waals surface area contributed by atoms with E-state index in [1.54, 1.807) is 0 Å². The van der Waals surface area contributed by atoms with Crippen LogP contribution in [-0.2, 0) is 27.1 Å². The zero-order chi connectivity index (χ0) is 18.9. The number of ether oxygens (including phenoxy) is 2. The van der Waals surface area contributed by atoms with Crippen molar-refractivity contribution in [2.75, 3.05) is 6.61 Å². The molecule has 0 aliphatic carbocycles. The second kappa shape index (κ2) is 10.1. The van der Waals surface area contributed by atoms with Crippen molar-refractivity contribution >= 4 is 11.9 Å². The monoisotopic (exact) mass is 349 g/mol. The van der Waals surface area contributed by atoms with Gasteiger partial charge in [-0.15, -0.1) is 0 Å². The van der Waals surface area contributed by atoms with Crippen LogP contribution in [-0.4, -0.2) is 29.1 Å². The molecule has 0 bridgehead atoms. The van der Waals surface area contributed by atoms with E-state index >= 15 is 0 Å². The molecule has 0 amide bonds. The largest absolute Gasteiger partial charge is 0.461 e. The molecule has 0 radical (unpaired) electrons. The van der Waals surface area contributed by atoms with Crippen molar-refractivity contribution in [3.63, 3.8) is 0 Å². The molecule has 25 heavy (non-hydrogen) atoms. The van der Waals surface area contributed by atoms with Gasteiger partial charge in [-0.05, 0) is 51.2 Å². The Hall–Kier alpha value is -2.04. The molecule has 1 N–H and O–H groups in total. The third-order valence-electron chi connectivity index (χ3n) is 3.67. The molecular formula is C20H31NO4. The van der Waals surface area contributed by atoms with Gasteiger partial charge < -0.3 is 14.5 Å². The highest BCUT2D eigenvalue weighted by Gasteiger charge is 2.23. The average molecular weight is 349 g/mol. The van der Waals surface area contributed by atoms with Crippen molar-refractivity contribution in [2.24, 2.45) is 0 Å². The van der Waals surface area contributed by atoms with Gasteiger partial charge in [0.25, 0.3) is 0 Å². The van der Waals surface area contributed by atoms with Crippen LogP contribution in [0.5, 0.6) is 0 Å². The van der Waals surface area contributed by atoms with E-state index in [1.165, 1.54) is 6.08 Å². The molecular weight excluding hydrogens is 318 g/mol. The molecule has 1 heterocycles. The van der Waals surface area contributed by atoms with E-state index in [-0.39, 0.29) is 25.0 Å². The van der Waals surface area contributed by atoms with E-state index in [1.807, 2.05) is 27.0 Å². The standard InChI is InChI=1S/C20H31NO4/c1-6-8-9-10-15-14-21-18(19(23)25-20(3,4)5)16(15)11-12-17(22)24-13-7-2/h7,14,21H,2,6,8-13H2,1,3-5H3. The Balaban J connectivity index is 2.89. The maximum atomic E-state index is 12.5. The van der Waals surface area contributed by atoms with Crippen molar-refractivity contribution < 1.29 is 19.1 Å². The van der Waals surface area contributed by atoms with E-state index < -0.39 is 5.60 Å². The van der Waals surface area contributed by atoms with Crippen LogP contribution in [0.15, 0.2) is 18.9 Å². The molecule has 140 valence electrons. The van der Waals surface area contributed by atoms with Gasteiger partial charge >= 0.3 is 11.9 Å². The summed E-state index contributed by atoms with van der Waals surface area (Å²) in [6, 6.07) is 0. The second-order valence-electron chi connectivity index (χ2n) is 7.10. The van der Waals surface area contributed by atoms with Gasteiger partial charge in [0.1, 0.15) is 17.9 Å². The van der Waals surface area contributed by atoms with Gasteiger partial charge in [-0.3, -0.25) is 4.79 Å². The van der Waals surface area contributed by atoms with E-state index in [0.717, 1.165) is 36.8 Å². The number of unbranched alkanes of at least 4 members (excludes halogenated alkanes) is 2. The van der Waals surface area contributed by atoms with Crippen LogP contribution in [0.1, 0.15) is 75.0 Å². The lowest BCUT2D eigenvalue weighted by atomic mass is 10.0. The highest BCUT2D eigenvalue weighted by molar-refractivity contribution is 5.90. The quantitative estimate of drug-likeness (QED) is 0.387. The Kier molecular flexibility index (Phi) is 8.46. The first kappa shape index (κ1) is 21.0. The zero-order valence-electron chi connectivity index (χ0n) is 15.9. The fraction of sp³-hybridized carbons (Fsp3) is 0.600. The molecule has 1 aromatic rings. The van der Waals surface area contributed by atoms with E-state index in [4.69, 9.17) is 9.47 Å². The Morgan fingerprint density at radius 2 is 1.96 bits per heavy atom. The number of hydrogen-bond donors (Lipinski definition) is 1. The fourth-order valence-electron chi connectivity index (χ4n) is 2.53. The predicted octanol–water partition coefficient (Wildman–Crippen LogP) is 4.36. The Bertz CT molecular complexity index is 581. The molecule has 0 aliphatic rings. The average Bonchev–Trinajstić information content (AvgIpc) is 2.92. The van der Waals surface area contributed by atoms with Crippen molar-refractivity contribution in [1.82, 2.24) is 4.98 Å². The number of esters is 2. The van der Waals surface area contributed by atoms with Crippen molar-refractivity contribution in [3.05, 3.63) is 35.7 Å². The summed E-state index contributed by atoms with van der Waals surface area (Å²) in [4.78, 5) is 27.3. The normalized spacial score (nSPS) is 11.2. The summed E-state index contributed by atoms with van der Waals surface area (Å²) in [7, 11) is 0. The third kappa shape index (κ3) is 7.59. The third-order valence-corrected chi connectivity index (χ3v) is 3.67. The molecule has 0 spiro atoms. The van der Waals surface area contributed by atoms with E-state index in [2.05, 4.69) is 18.5 Å². The number of H-pyrrole nitrogens is 1. The topological polar surface area (TPSA) is 68.4 Å². The SMILES string of the molecule is C=CCOC(=O)CCc1c(CCCCC)c[nH]c1C(=O)OC(C)(C)C. The van der Waals surface area contributed by atoms with Crippen LogP contribution in [0.3, 0.4) is 0 Å². The van der Waals surface area contributed by atoms with Gasteiger partial charge in [0.2, 0.25) is 0 Å². The van der Waals surface area contributed by atoms with Gasteiger partial charge in [-0.25, -0.2) is 4.79 Å². The highest BCUT2D eigenvalue weighted by atomic mass is 16.6. The summed E-state index contributed by atoms with van der Waals surface area (Å²) in [6.45, 7) is 11.4. The maximum absolute atomic E-state index is 12.5. The van der Waals surface area contributed by atoms with Crippen LogP contribution < -0.4 is 0 Å². The minimum Gasteiger partial charge on any atom is -0.461 e. The predicted molar refractivity (Wildman–Crippen MR) is 98.7 cm³/mol. The number of nitrogens with one attached hydrogen (secondary N) is 1. The Labute approximate surface area is 150 Å². The summed E-state index contributed by atoms with van der Waals surface area (Å²) in [5.74, 6) is -0.681. The van der Waals surface area contributed by atoms with Crippen molar-refractivity contribution in [2.45, 2.75) is 71.8 Å². The second-order valence-corrected chi connectivity index (χ2v) is 7.10. The molecule has 0 unspecified atom stereocenters. The molecule has 5 heteroatoms. The molecule has 5 nitrogen and oxygen atoms in total. The number of aryl methyl sites for hydroxylation is 1. The van der Waals surface area contributed by atoms with Crippen molar-refractivity contribution in [3.8, 4) is 0 Å². The summed E-state index contributed by atoms with van der Waals surface area (Å²) in [6.07, 6.45) is 8.27. The summed E-state index contributed by atoms with van der Waals surface area (Å²) < 4.78 is 10.5. The minimum atomic E-state index is -0.565. The molecule has 0 saturated heterocycles. The van der Waals surface area contributed by atoms with Gasteiger partial charge in [0.15, 0.2) is 0 Å². The summed E-state index contributed by atoms with van der Waals surface area (Å²) in [5.41, 5.74) is 1.81. The molecule has 0 aromatic carbocycles. The zero-order valence-corrected chi connectivity index (χ0v) is 15.9. The number of carbonyl (C=O) groups excluding carboxylic acids is 2. The highest BCUT2D eigenvalue weighted by Crippen LogP contribution is 2.22. The van der Waals surface area contributed by atoms with Crippen LogP contribution in [0.2, 0.25) is 0 Å². The van der Waals surface area contributed by atoms with Gasteiger partial charge in [0, 0.05) is 12.6 Å². The Morgan fingerprint density at radius 1 is 1.24 bits per heavy atom. The molecule has 0 atom stereocenters. The molecule has 0 saturated carbocycles. The number of aromatic amines is 1. The van der Waals surface area contributed by atoms with Crippen LogP contribution in [0.25, 0.3) is 0 Å². The number of carbonyl (C=O) groups is 2. The van der Waals surface area contributed by atoms with Crippen molar-refractivity contribution in [1.29, 1.82) is 0 Å². The maximum Gasteiger partial charge on any atom is 0.355 e. The van der Waals surface area contributed by atoms with Gasteiger partial charge in [-0.1, -0.05) is 32.4 Å². The first-order chi connectivity index (χ1) is 11.8. The first-order valence-electron chi connectivity index (χ1n) is 8.97. The number of aromatic nitrogens is 1. The summed E-state index contributed by atoms with van der Waals surface area (Å²) >= 11 is 0. The van der Waals surface area contributed by atoms with Crippen LogP contribution in [0, 0.1) is 0 Å².